The predicted molar refractivity (Wildman–Crippen MR) is 183 cm³/mol. The van der Waals surface area contributed by atoms with Crippen molar-refractivity contribution in [1.82, 2.24) is 0 Å². The smallest absolute Gasteiger partial charge is 0.209 e. The molecule has 0 amide bonds. The van der Waals surface area contributed by atoms with Crippen LogP contribution >= 0.6 is 19.1 Å². The monoisotopic (exact) mass is 658 g/mol. The number of benzene rings is 4. The summed E-state index contributed by atoms with van der Waals surface area (Å²) < 4.78 is 47.8. The van der Waals surface area contributed by atoms with Crippen LogP contribution in [0, 0.1) is 0 Å². The van der Waals surface area contributed by atoms with Crippen LogP contribution in [0.3, 0.4) is 0 Å². The molecule has 242 valence electrons. The first-order valence-electron chi connectivity index (χ1n) is 16.1. The fourth-order valence-electron chi connectivity index (χ4n) is 6.13. The van der Waals surface area contributed by atoms with E-state index in [1.54, 1.807) is 11.8 Å². The number of rotatable bonds is 14. The third-order valence-electron chi connectivity index (χ3n) is 8.75. The summed E-state index contributed by atoms with van der Waals surface area (Å²) in [5, 5.41) is 0. The molecule has 0 spiro atoms. The predicted octanol–water partition coefficient (Wildman–Crippen LogP) is 8.74. The highest BCUT2D eigenvalue weighted by atomic mass is 32.2. The zero-order chi connectivity index (χ0) is 31.8. The van der Waals surface area contributed by atoms with Gasteiger partial charge in [0.1, 0.15) is 29.9 Å². The van der Waals surface area contributed by atoms with Crippen molar-refractivity contribution in [1.29, 1.82) is 0 Å². The van der Waals surface area contributed by atoms with E-state index in [9.17, 15) is 4.57 Å². The van der Waals surface area contributed by atoms with E-state index in [1.807, 2.05) is 123 Å². The number of hydrogen-bond donors (Lipinski definition) is 0. The van der Waals surface area contributed by atoms with Crippen molar-refractivity contribution in [2.24, 2.45) is 0 Å². The highest BCUT2D eigenvalue weighted by Crippen LogP contribution is 2.69. The van der Waals surface area contributed by atoms with Crippen molar-refractivity contribution < 1.29 is 28.0 Å². The largest absolute Gasteiger partial charge is 0.374 e. The van der Waals surface area contributed by atoms with Gasteiger partial charge in [0.05, 0.1) is 26.4 Å². The second kappa shape index (κ2) is 15.9. The molecule has 8 heteroatoms. The van der Waals surface area contributed by atoms with Gasteiger partial charge in [0.2, 0.25) is 7.37 Å². The van der Waals surface area contributed by atoms with Gasteiger partial charge >= 0.3 is 0 Å². The standard InChI is InChI=1S/C38H43O6PS/c1-28-23-29(2)45(28,39)44-37-36(42-26-32-19-11-5-12-20-32)35(41-25-31-17-9-4-10-18-31)34(27-40-24-30-15-7-3-8-16-30)43-38(37)46-33-21-13-6-14-22-33/h3-22,28-29,34-38H,23-27H2,1-2H3/t28-,29-,34+,35+,36-,37+,38-/m0/s1. The number of thioether (sulfide) groups is 1. The van der Waals surface area contributed by atoms with Crippen LogP contribution in [0.2, 0.25) is 0 Å². The van der Waals surface area contributed by atoms with E-state index in [2.05, 4.69) is 12.1 Å². The minimum atomic E-state index is -2.96. The first kappa shape index (κ1) is 33.2. The van der Waals surface area contributed by atoms with E-state index in [0.29, 0.717) is 26.4 Å². The SMILES string of the molecule is C[C@H]1C[C@H](C)P1(=O)O[C@@H]1[C@@H](OCc2ccccc2)[C@H](OCc2ccccc2)[C@@H](COCc2ccccc2)O[C@H]1Sc1ccccc1. The van der Waals surface area contributed by atoms with Crippen molar-refractivity contribution in [2.75, 3.05) is 6.61 Å². The van der Waals surface area contributed by atoms with Crippen molar-refractivity contribution in [3.8, 4) is 0 Å². The number of hydrogen-bond acceptors (Lipinski definition) is 7. The molecule has 4 aromatic rings. The lowest BCUT2D eigenvalue weighted by atomic mass is 9.99. The number of ether oxygens (including phenoxy) is 4. The average molecular weight is 659 g/mol. The Kier molecular flexibility index (Phi) is 11.5. The molecule has 0 N–H and O–H groups in total. The highest BCUT2D eigenvalue weighted by molar-refractivity contribution is 7.99. The molecule has 0 aliphatic carbocycles. The molecular weight excluding hydrogens is 615 g/mol. The van der Waals surface area contributed by atoms with E-state index < -0.39 is 37.2 Å². The zero-order valence-corrected chi connectivity index (χ0v) is 28.1. The van der Waals surface area contributed by atoms with Gasteiger partial charge in [0.25, 0.3) is 0 Å². The third-order valence-corrected chi connectivity index (χ3v) is 13.4. The van der Waals surface area contributed by atoms with E-state index in [4.69, 9.17) is 23.5 Å². The topological polar surface area (TPSA) is 63.2 Å². The zero-order valence-electron chi connectivity index (χ0n) is 26.4. The van der Waals surface area contributed by atoms with Gasteiger partial charge in [-0.3, -0.25) is 4.57 Å². The van der Waals surface area contributed by atoms with Crippen molar-refractivity contribution in [3.63, 3.8) is 0 Å². The van der Waals surface area contributed by atoms with Gasteiger partial charge in [-0.05, 0) is 35.2 Å². The maximum Gasteiger partial charge on any atom is 0.209 e. The lowest BCUT2D eigenvalue weighted by molar-refractivity contribution is -0.238. The van der Waals surface area contributed by atoms with Crippen LogP contribution in [0.4, 0.5) is 0 Å². The van der Waals surface area contributed by atoms with Gasteiger partial charge in [-0.1, -0.05) is 135 Å². The second-order valence-corrected chi connectivity index (χ2v) is 16.6. The molecular formula is C38H43O6PS. The normalized spacial score (nSPS) is 27.1. The maximum absolute atomic E-state index is 14.3. The Morgan fingerprint density at radius 2 is 1.13 bits per heavy atom. The summed E-state index contributed by atoms with van der Waals surface area (Å²) in [6.07, 6.45) is -1.35. The van der Waals surface area contributed by atoms with Crippen LogP contribution in [0.15, 0.2) is 126 Å². The lowest BCUT2D eigenvalue weighted by Gasteiger charge is -2.50. The minimum absolute atomic E-state index is 0.0183. The molecule has 4 aromatic carbocycles. The molecule has 2 aliphatic heterocycles. The summed E-state index contributed by atoms with van der Waals surface area (Å²) in [4.78, 5) is 1.03. The summed E-state index contributed by atoms with van der Waals surface area (Å²) in [5.41, 5.74) is 2.62. The molecule has 0 bridgehead atoms. The molecule has 0 unspecified atom stereocenters. The van der Waals surface area contributed by atoms with Crippen LogP contribution in [0.5, 0.6) is 0 Å². The van der Waals surface area contributed by atoms with E-state index in [1.165, 1.54) is 0 Å². The molecule has 6 nitrogen and oxygen atoms in total. The fourth-order valence-corrected chi connectivity index (χ4v) is 10.1. The van der Waals surface area contributed by atoms with Crippen molar-refractivity contribution in [3.05, 3.63) is 138 Å². The molecule has 0 radical (unpaired) electrons. The Labute approximate surface area is 277 Å². The Morgan fingerprint density at radius 1 is 0.652 bits per heavy atom. The van der Waals surface area contributed by atoms with Gasteiger partial charge in [-0.25, -0.2) is 0 Å². The van der Waals surface area contributed by atoms with Crippen molar-refractivity contribution in [2.45, 2.75) is 86.2 Å². The van der Waals surface area contributed by atoms with Gasteiger partial charge in [-0.15, -0.1) is 0 Å². The minimum Gasteiger partial charge on any atom is -0.374 e. The van der Waals surface area contributed by atoms with Crippen LogP contribution in [-0.2, 0) is 47.9 Å². The molecule has 2 saturated heterocycles. The van der Waals surface area contributed by atoms with Crippen molar-refractivity contribution >= 4 is 19.1 Å². The molecule has 7 atom stereocenters. The Morgan fingerprint density at radius 3 is 1.65 bits per heavy atom. The average Bonchev–Trinajstić information content (AvgIpc) is 3.10. The van der Waals surface area contributed by atoms with E-state index >= 15 is 0 Å². The van der Waals surface area contributed by atoms with Crippen LogP contribution in [-0.4, -0.2) is 47.8 Å². The summed E-state index contributed by atoms with van der Waals surface area (Å²) in [5.74, 6) is 0. The molecule has 0 aromatic heterocycles. The van der Waals surface area contributed by atoms with Gasteiger partial charge in [0, 0.05) is 16.2 Å². The molecule has 0 saturated carbocycles. The molecule has 2 aliphatic rings. The highest BCUT2D eigenvalue weighted by Gasteiger charge is 2.55. The summed E-state index contributed by atoms with van der Waals surface area (Å²) >= 11 is 1.57. The van der Waals surface area contributed by atoms with Crippen LogP contribution < -0.4 is 0 Å². The molecule has 46 heavy (non-hydrogen) atoms. The first-order chi connectivity index (χ1) is 22.5. The van der Waals surface area contributed by atoms with Crippen LogP contribution in [0.1, 0.15) is 37.0 Å². The molecule has 2 fully saturated rings. The van der Waals surface area contributed by atoms with E-state index in [-0.39, 0.29) is 11.3 Å². The first-order valence-corrected chi connectivity index (χ1v) is 18.7. The second-order valence-electron chi connectivity index (χ2n) is 12.1. The van der Waals surface area contributed by atoms with E-state index in [0.717, 1.165) is 28.0 Å². The lowest BCUT2D eigenvalue weighted by Crippen LogP contribution is -2.60. The summed E-state index contributed by atoms with van der Waals surface area (Å²) in [6.45, 7) is 5.50. The summed E-state index contributed by atoms with van der Waals surface area (Å²) in [6, 6.07) is 40.4. The molecule has 6 rings (SSSR count). The fraction of sp³-hybridized carbons (Fsp3) is 0.368. The Balaban J connectivity index is 1.34. The Hall–Kier alpha value is -2.74. The van der Waals surface area contributed by atoms with Gasteiger partial charge in [-0.2, -0.15) is 0 Å². The Bertz CT molecular complexity index is 1510. The quantitative estimate of drug-likeness (QED) is 0.126. The van der Waals surface area contributed by atoms with Crippen LogP contribution in [0.25, 0.3) is 0 Å². The molecule has 2 heterocycles. The maximum atomic E-state index is 14.3. The third kappa shape index (κ3) is 8.21. The summed E-state index contributed by atoms with van der Waals surface area (Å²) in [7, 11) is -2.96. The van der Waals surface area contributed by atoms with Gasteiger partial charge in [0.15, 0.2) is 0 Å². The van der Waals surface area contributed by atoms with Gasteiger partial charge < -0.3 is 23.5 Å².